The molecule has 12 heteroatoms. The van der Waals surface area contributed by atoms with Gasteiger partial charge in [0.25, 0.3) is 5.69 Å². The maximum Gasteiger partial charge on any atom is 0.269 e. The molecule has 1 atom stereocenters. The number of nitro benzene ring substituents is 1. The number of benzene rings is 2. The Kier molecular flexibility index (Phi) is 5.38. The molecule has 152 valence electrons. The van der Waals surface area contributed by atoms with Crippen LogP contribution in [-0.4, -0.2) is 30.0 Å². The quantitative estimate of drug-likeness (QED) is 0.201. The van der Waals surface area contributed by atoms with Crippen LogP contribution in [0.5, 0.6) is 0 Å². The molecular formula is C18H14ClN7O3S. The summed E-state index contributed by atoms with van der Waals surface area (Å²) in [5.74, 6) is 7.21. The van der Waals surface area contributed by atoms with Crippen molar-refractivity contribution in [3.05, 3.63) is 69.6 Å². The molecule has 1 unspecified atom stereocenters. The van der Waals surface area contributed by atoms with E-state index in [9.17, 15) is 10.1 Å². The van der Waals surface area contributed by atoms with E-state index in [0.717, 1.165) is 0 Å². The molecule has 10 nitrogen and oxygen atoms in total. The molecule has 4 rings (SSSR count). The Morgan fingerprint density at radius 2 is 1.87 bits per heavy atom. The van der Waals surface area contributed by atoms with Crippen LogP contribution >= 0.6 is 23.4 Å². The second kappa shape index (κ2) is 8.13. The van der Waals surface area contributed by atoms with Gasteiger partial charge in [-0.1, -0.05) is 35.5 Å². The van der Waals surface area contributed by atoms with E-state index >= 15 is 0 Å². The van der Waals surface area contributed by atoms with Gasteiger partial charge in [0.2, 0.25) is 16.9 Å². The van der Waals surface area contributed by atoms with Gasteiger partial charge in [-0.3, -0.25) is 10.1 Å². The third kappa shape index (κ3) is 3.84. The number of halogens is 1. The van der Waals surface area contributed by atoms with Crippen molar-refractivity contribution < 1.29 is 9.34 Å². The molecule has 30 heavy (non-hydrogen) atoms. The number of nitrogen functional groups attached to an aromatic ring is 1. The number of nitrogens with zero attached hydrogens (tertiary/aromatic N) is 6. The Morgan fingerprint density at radius 3 is 2.57 bits per heavy atom. The Hall–Kier alpha value is -3.44. The molecular weight excluding hydrogens is 430 g/mol. The van der Waals surface area contributed by atoms with Crippen LogP contribution in [0.3, 0.4) is 0 Å². The summed E-state index contributed by atoms with van der Waals surface area (Å²) in [7, 11) is 0. The molecule has 0 spiro atoms. The van der Waals surface area contributed by atoms with Gasteiger partial charge in [0, 0.05) is 23.3 Å². The first-order valence-corrected chi connectivity index (χ1v) is 9.90. The highest BCUT2D eigenvalue weighted by Crippen LogP contribution is 2.35. The van der Waals surface area contributed by atoms with E-state index in [0.29, 0.717) is 33.0 Å². The van der Waals surface area contributed by atoms with Crippen LogP contribution in [-0.2, 0) is 0 Å². The van der Waals surface area contributed by atoms with E-state index in [1.54, 1.807) is 18.2 Å². The summed E-state index contributed by atoms with van der Waals surface area (Å²) >= 11 is 7.51. The van der Waals surface area contributed by atoms with E-state index in [-0.39, 0.29) is 16.8 Å². The molecule has 4 aromatic rings. The van der Waals surface area contributed by atoms with Gasteiger partial charge in [0.1, 0.15) is 0 Å². The van der Waals surface area contributed by atoms with E-state index in [1.165, 1.54) is 28.6 Å². The molecule has 0 aliphatic rings. The number of hydrogen-bond acceptors (Lipinski definition) is 9. The molecule has 0 saturated carbocycles. The fourth-order valence-electron chi connectivity index (χ4n) is 2.63. The van der Waals surface area contributed by atoms with Crippen LogP contribution < -0.4 is 5.84 Å². The zero-order chi connectivity index (χ0) is 21.3. The highest BCUT2D eigenvalue weighted by atomic mass is 35.5. The minimum absolute atomic E-state index is 0.0148. The van der Waals surface area contributed by atoms with Crippen LogP contribution in [0.1, 0.15) is 18.1 Å². The van der Waals surface area contributed by atoms with Crippen LogP contribution in [0.2, 0.25) is 5.02 Å². The van der Waals surface area contributed by atoms with Crippen molar-refractivity contribution in [1.82, 2.24) is 25.1 Å². The monoisotopic (exact) mass is 443 g/mol. The average Bonchev–Trinajstić information content (AvgIpc) is 3.37. The van der Waals surface area contributed by atoms with Crippen molar-refractivity contribution >= 4 is 29.1 Å². The van der Waals surface area contributed by atoms with Gasteiger partial charge in [0.15, 0.2) is 5.82 Å². The zero-order valence-corrected chi connectivity index (χ0v) is 17.0. The molecule has 0 saturated heterocycles. The Labute approximate surface area is 179 Å². The third-order valence-corrected chi connectivity index (χ3v) is 5.55. The normalized spacial score (nSPS) is 12.1. The van der Waals surface area contributed by atoms with E-state index < -0.39 is 4.92 Å². The summed E-state index contributed by atoms with van der Waals surface area (Å²) in [5.41, 5.74) is 1.24. The van der Waals surface area contributed by atoms with Gasteiger partial charge in [-0.05, 0) is 31.2 Å². The Morgan fingerprint density at radius 1 is 1.13 bits per heavy atom. The molecule has 2 aromatic carbocycles. The first kappa shape index (κ1) is 19.9. The highest BCUT2D eigenvalue weighted by molar-refractivity contribution is 7.99. The Bertz CT molecular complexity index is 1210. The number of rotatable bonds is 6. The largest absolute Gasteiger partial charge is 0.419 e. The van der Waals surface area contributed by atoms with Gasteiger partial charge in [-0.2, -0.15) is 0 Å². The van der Waals surface area contributed by atoms with Crippen molar-refractivity contribution in [3.8, 4) is 22.8 Å². The van der Waals surface area contributed by atoms with Crippen LogP contribution in [0, 0.1) is 10.1 Å². The molecule has 0 fully saturated rings. The van der Waals surface area contributed by atoms with Crippen molar-refractivity contribution in [2.75, 3.05) is 5.84 Å². The van der Waals surface area contributed by atoms with E-state index in [4.69, 9.17) is 21.9 Å². The standard InChI is InChI=1S/C18H14ClN7O3S/c1-10(16-22-23-17(29-16)11-6-8-12(9-7-11)26(27)28)30-18-24-21-15(25(18)20)13-4-2-3-5-14(13)19/h2-10H,20H2,1H3. The summed E-state index contributed by atoms with van der Waals surface area (Å²) in [4.78, 5) is 10.3. The molecule has 2 heterocycles. The maximum atomic E-state index is 10.8. The Balaban J connectivity index is 1.52. The third-order valence-electron chi connectivity index (χ3n) is 4.17. The topological polar surface area (TPSA) is 139 Å². The zero-order valence-electron chi connectivity index (χ0n) is 15.5. The number of aromatic nitrogens is 5. The lowest BCUT2D eigenvalue weighted by Gasteiger charge is -2.07. The fraction of sp³-hybridized carbons (Fsp3) is 0.111. The summed E-state index contributed by atoms with van der Waals surface area (Å²) in [6, 6.07) is 13.1. The van der Waals surface area contributed by atoms with Gasteiger partial charge < -0.3 is 10.3 Å². The number of non-ortho nitro benzene ring substituents is 1. The van der Waals surface area contributed by atoms with Gasteiger partial charge in [0.05, 0.1) is 15.2 Å². The van der Waals surface area contributed by atoms with Gasteiger partial charge >= 0.3 is 0 Å². The van der Waals surface area contributed by atoms with Crippen molar-refractivity contribution in [2.45, 2.75) is 17.3 Å². The maximum absolute atomic E-state index is 10.8. The van der Waals surface area contributed by atoms with E-state index in [2.05, 4.69) is 20.4 Å². The average molecular weight is 444 g/mol. The van der Waals surface area contributed by atoms with Crippen LogP contribution in [0.25, 0.3) is 22.8 Å². The number of hydrogen-bond donors (Lipinski definition) is 1. The minimum Gasteiger partial charge on any atom is -0.419 e. The SMILES string of the molecule is CC(Sc1nnc(-c2ccccc2Cl)n1N)c1nnc(-c2ccc([N+](=O)[O-])cc2)o1. The van der Waals surface area contributed by atoms with Crippen molar-refractivity contribution in [3.63, 3.8) is 0 Å². The second-order valence-electron chi connectivity index (χ2n) is 6.17. The lowest BCUT2D eigenvalue weighted by molar-refractivity contribution is -0.384. The molecule has 0 aliphatic heterocycles. The molecule has 2 N–H and O–H groups in total. The van der Waals surface area contributed by atoms with Gasteiger partial charge in [-0.15, -0.1) is 20.4 Å². The molecule has 0 radical (unpaired) electrons. The van der Waals surface area contributed by atoms with E-state index in [1.807, 2.05) is 25.1 Å². The number of thioether (sulfide) groups is 1. The lowest BCUT2D eigenvalue weighted by atomic mass is 10.2. The first-order chi connectivity index (χ1) is 14.4. The summed E-state index contributed by atoms with van der Waals surface area (Å²) in [6.07, 6.45) is 0. The number of nitrogens with two attached hydrogens (primary N) is 1. The highest BCUT2D eigenvalue weighted by Gasteiger charge is 2.21. The smallest absolute Gasteiger partial charge is 0.269 e. The fourth-order valence-corrected chi connectivity index (χ4v) is 3.65. The second-order valence-corrected chi connectivity index (χ2v) is 7.88. The predicted octanol–water partition coefficient (Wildman–Crippen LogP) is 4.12. The van der Waals surface area contributed by atoms with Gasteiger partial charge in [-0.25, -0.2) is 4.68 Å². The summed E-state index contributed by atoms with van der Waals surface area (Å²) in [5, 5.41) is 27.8. The summed E-state index contributed by atoms with van der Waals surface area (Å²) < 4.78 is 7.08. The lowest BCUT2D eigenvalue weighted by Crippen LogP contribution is -2.12. The number of nitro groups is 1. The summed E-state index contributed by atoms with van der Waals surface area (Å²) in [6.45, 7) is 1.86. The first-order valence-electron chi connectivity index (χ1n) is 8.64. The molecule has 0 amide bonds. The minimum atomic E-state index is -0.471. The molecule has 2 aromatic heterocycles. The van der Waals surface area contributed by atoms with Crippen LogP contribution in [0.15, 0.2) is 58.1 Å². The molecule has 0 bridgehead atoms. The predicted molar refractivity (Wildman–Crippen MR) is 111 cm³/mol. The van der Waals surface area contributed by atoms with Crippen molar-refractivity contribution in [1.29, 1.82) is 0 Å². The van der Waals surface area contributed by atoms with Crippen LogP contribution in [0.4, 0.5) is 5.69 Å². The van der Waals surface area contributed by atoms with Crippen molar-refractivity contribution in [2.24, 2.45) is 0 Å². The molecule has 0 aliphatic carbocycles.